The maximum Gasteiger partial charge on any atom is 0.123 e. The lowest BCUT2D eigenvalue weighted by atomic mass is 9.84. The van der Waals surface area contributed by atoms with Gasteiger partial charge in [0.1, 0.15) is 5.75 Å². The molecule has 1 aromatic rings. The van der Waals surface area contributed by atoms with Crippen LogP contribution < -0.4 is 10.5 Å². The minimum atomic E-state index is -0.325. The summed E-state index contributed by atoms with van der Waals surface area (Å²) in [6.07, 6.45) is 1.75. The summed E-state index contributed by atoms with van der Waals surface area (Å²) in [5.41, 5.74) is 7.05. The van der Waals surface area contributed by atoms with Crippen molar-refractivity contribution in [2.75, 3.05) is 14.2 Å². The molecule has 0 saturated carbocycles. The number of methoxy groups -OCH3 is 2. The zero-order valence-electron chi connectivity index (χ0n) is 11.2. The van der Waals surface area contributed by atoms with E-state index in [1.807, 2.05) is 24.3 Å². The molecule has 1 aromatic carbocycles. The molecule has 0 heterocycles. The van der Waals surface area contributed by atoms with Crippen LogP contribution in [0.2, 0.25) is 0 Å². The summed E-state index contributed by atoms with van der Waals surface area (Å²) in [5.74, 6) is 0.823. The van der Waals surface area contributed by atoms with Crippen molar-refractivity contribution in [3.63, 3.8) is 0 Å². The Labute approximate surface area is 104 Å². The fourth-order valence-corrected chi connectivity index (χ4v) is 2.31. The summed E-state index contributed by atoms with van der Waals surface area (Å²) in [4.78, 5) is 0. The van der Waals surface area contributed by atoms with Crippen molar-refractivity contribution in [1.29, 1.82) is 0 Å². The SMILES string of the molecule is CCC(CC)(OC)C(N)c1ccccc1OC. The molecule has 0 fully saturated rings. The lowest BCUT2D eigenvalue weighted by Crippen LogP contribution is -2.42. The maximum absolute atomic E-state index is 6.38. The summed E-state index contributed by atoms with van der Waals surface area (Å²) in [5, 5.41) is 0. The van der Waals surface area contributed by atoms with Gasteiger partial charge in [0.25, 0.3) is 0 Å². The molecule has 0 aliphatic carbocycles. The van der Waals surface area contributed by atoms with Crippen molar-refractivity contribution in [3.05, 3.63) is 29.8 Å². The first-order chi connectivity index (χ1) is 8.15. The van der Waals surface area contributed by atoms with Crippen LogP contribution in [0.15, 0.2) is 24.3 Å². The first kappa shape index (κ1) is 14.0. The van der Waals surface area contributed by atoms with Gasteiger partial charge in [-0.05, 0) is 18.9 Å². The minimum Gasteiger partial charge on any atom is -0.496 e. The van der Waals surface area contributed by atoms with Crippen molar-refractivity contribution < 1.29 is 9.47 Å². The van der Waals surface area contributed by atoms with Crippen molar-refractivity contribution in [1.82, 2.24) is 0 Å². The van der Waals surface area contributed by atoms with E-state index in [4.69, 9.17) is 15.2 Å². The van der Waals surface area contributed by atoms with Gasteiger partial charge >= 0.3 is 0 Å². The number of ether oxygens (including phenoxy) is 2. The van der Waals surface area contributed by atoms with Gasteiger partial charge in [-0.2, -0.15) is 0 Å². The van der Waals surface area contributed by atoms with E-state index in [2.05, 4.69) is 13.8 Å². The van der Waals surface area contributed by atoms with Gasteiger partial charge in [0.2, 0.25) is 0 Å². The maximum atomic E-state index is 6.38. The smallest absolute Gasteiger partial charge is 0.123 e. The van der Waals surface area contributed by atoms with E-state index < -0.39 is 0 Å². The molecule has 0 aliphatic rings. The van der Waals surface area contributed by atoms with Crippen LogP contribution in [0, 0.1) is 0 Å². The number of para-hydroxylation sites is 1. The average molecular weight is 237 g/mol. The molecule has 3 heteroatoms. The second-order valence-corrected chi connectivity index (χ2v) is 4.20. The number of hydrogen-bond donors (Lipinski definition) is 1. The predicted octanol–water partition coefficient (Wildman–Crippen LogP) is 2.90. The molecule has 96 valence electrons. The van der Waals surface area contributed by atoms with Gasteiger partial charge in [0.15, 0.2) is 0 Å². The molecule has 1 atom stereocenters. The highest BCUT2D eigenvalue weighted by molar-refractivity contribution is 5.37. The first-order valence-electron chi connectivity index (χ1n) is 6.08. The molecule has 0 radical (unpaired) electrons. The van der Waals surface area contributed by atoms with Gasteiger partial charge in [-0.15, -0.1) is 0 Å². The molecular formula is C14H23NO2. The Balaban J connectivity index is 3.13. The molecule has 0 aliphatic heterocycles. The van der Waals surface area contributed by atoms with Crippen LogP contribution >= 0.6 is 0 Å². The lowest BCUT2D eigenvalue weighted by molar-refractivity contribution is -0.0390. The van der Waals surface area contributed by atoms with E-state index in [1.165, 1.54) is 0 Å². The van der Waals surface area contributed by atoms with Gasteiger partial charge < -0.3 is 15.2 Å². The lowest BCUT2D eigenvalue weighted by Gasteiger charge is -2.36. The highest BCUT2D eigenvalue weighted by Crippen LogP contribution is 2.36. The third kappa shape index (κ3) is 2.61. The average Bonchev–Trinajstić information content (AvgIpc) is 2.41. The molecule has 0 amide bonds. The predicted molar refractivity (Wildman–Crippen MR) is 70.2 cm³/mol. The Hall–Kier alpha value is -1.06. The monoisotopic (exact) mass is 237 g/mol. The van der Waals surface area contributed by atoms with Crippen LogP contribution in [0.1, 0.15) is 38.3 Å². The van der Waals surface area contributed by atoms with Gasteiger partial charge in [-0.25, -0.2) is 0 Å². The van der Waals surface area contributed by atoms with Crippen LogP contribution in [-0.2, 0) is 4.74 Å². The fourth-order valence-electron chi connectivity index (χ4n) is 2.31. The Morgan fingerprint density at radius 1 is 1.18 bits per heavy atom. The van der Waals surface area contributed by atoms with Crippen LogP contribution in [0.25, 0.3) is 0 Å². The molecule has 0 bridgehead atoms. The molecule has 3 nitrogen and oxygen atoms in total. The fraction of sp³-hybridized carbons (Fsp3) is 0.571. The normalized spacial score (nSPS) is 13.5. The van der Waals surface area contributed by atoms with E-state index in [0.29, 0.717) is 0 Å². The molecule has 1 unspecified atom stereocenters. The topological polar surface area (TPSA) is 44.5 Å². The van der Waals surface area contributed by atoms with Gasteiger partial charge in [-0.3, -0.25) is 0 Å². The highest BCUT2D eigenvalue weighted by Gasteiger charge is 2.35. The second kappa shape index (κ2) is 6.03. The summed E-state index contributed by atoms with van der Waals surface area (Å²) < 4.78 is 11.0. The molecule has 17 heavy (non-hydrogen) atoms. The Morgan fingerprint density at radius 3 is 2.24 bits per heavy atom. The summed E-state index contributed by atoms with van der Waals surface area (Å²) in [7, 11) is 3.39. The van der Waals surface area contributed by atoms with Gasteiger partial charge in [0.05, 0.1) is 18.8 Å². The van der Waals surface area contributed by atoms with Gasteiger partial charge in [0, 0.05) is 12.7 Å². The molecular weight excluding hydrogens is 214 g/mol. The van der Waals surface area contributed by atoms with Crippen molar-refractivity contribution >= 4 is 0 Å². The van der Waals surface area contributed by atoms with Crippen LogP contribution in [0.4, 0.5) is 0 Å². The van der Waals surface area contributed by atoms with Crippen molar-refractivity contribution in [2.45, 2.75) is 38.3 Å². The Bertz CT molecular complexity index is 340. The molecule has 0 aromatic heterocycles. The zero-order valence-corrected chi connectivity index (χ0v) is 11.2. The second-order valence-electron chi connectivity index (χ2n) is 4.20. The quantitative estimate of drug-likeness (QED) is 0.827. The molecule has 1 rings (SSSR count). The van der Waals surface area contributed by atoms with Crippen molar-refractivity contribution in [2.24, 2.45) is 5.73 Å². The molecule has 0 saturated heterocycles. The number of nitrogens with two attached hydrogens (primary N) is 1. The third-order valence-electron chi connectivity index (χ3n) is 3.64. The Kier molecular flexibility index (Phi) is 4.97. The van der Waals surface area contributed by atoms with E-state index in [9.17, 15) is 0 Å². The van der Waals surface area contributed by atoms with E-state index in [0.717, 1.165) is 24.2 Å². The first-order valence-corrected chi connectivity index (χ1v) is 6.08. The van der Waals surface area contributed by atoms with Crippen LogP contribution in [0.5, 0.6) is 5.75 Å². The number of hydrogen-bond acceptors (Lipinski definition) is 3. The molecule has 2 N–H and O–H groups in total. The number of benzene rings is 1. The van der Waals surface area contributed by atoms with Crippen molar-refractivity contribution in [3.8, 4) is 5.75 Å². The van der Waals surface area contributed by atoms with E-state index in [-0.39, 0.29) is 11.6 Å². The van der Waals surface area contributed by atoms with Crippen LogP contribution in [0.3, 0.4) is 0 Å². The summed E-state index contributed by atoms with van der Waals surface area (Å²) in [6, 6.07) is 7.67. The van der Waals surface area contributed by atoms with E-state index >= 15 is 0 Å². The zero-order chi connectivity index (χ0) is 12.9. The highest BCUT2D eigenvalue weighted by atomic mass is 16.5. The third-order valence-corrected chi connectivity index (χ3v) is 3.64. The Morgan fingerprint density at radius 2 is 1.76 bits per heavy atom. The minimum absolute atomic E-state index is 0.182. The summed E-state index contributed by atoms with van der Waals surface area (Å²) in [6.45, 7) is 4.20. The molecule has 0 spiro atoms. The van der Waals surface area contributed by atoms with Crippen LogP contribution in [-0.4, -0.2) is 19.8 Å². The standard InChI is InChI=1S/C14H23NO2/c1-5-14(6-2,17-4)13(15)11-9-7-8-10-12(11)16-3/h7-10,13H,5-6,15H2,1-4H3. The van der Waals surface area contributed by atoms with E-state index in [1.54, 1.807) is 14.2 Å². The van der Waals surface area contributed by atoms with Gasteiger partial charge in [-0.1, -0.05) is 32.0 Å². The number of rotatable bonds is 6. The largest absolute Gasteiger partial charge is 0.496 e. The summed E-state index contributed by atoms with van der Waals surface area (Å²) >= 11 is 0.